The quantitative estimate of drug-likeness (QED) is 0.0309. The number of para-hydroxylation sites is 2. The predicted molar refractivity (Wildman–Crippen MR) is 203 cm³/mol. The molecule has 0 saturated carbocycles. The van der Waals surface area contributed by atoms with Crippen molar-refractivity contribution in [1.82, 2.24) is 15.0 Å². The van der Waals surface area contributed by atoms with Crippen molar-refractivity contribution >= 4 is 79.7 Å². The fourth-order valence-corrected chi connectivity index (χ4v) is 5.97. The first-order valence-electron chi connectivity index (χ1n) is 14.3. The number of hydrogen-bond donors (Lipinski definition) is 4. The van der Waals surface area contributed by atoms with Gasteiger partial charge in [-0.15, -0.1) is 11.3 Å². The van der Waals surface area contributed by atoms with E-state index in [1.807, 2.05) is 30.3 Å². The van der Waals surface area contributed by atoms with Gasteiger partial charge < -0.3 is 15.9 Å². The minimum atomic E-state index is -4.19. The van der Waals surface area contributed by atoms with Crippen LogP contribution in [-0.2, 0) is 18.4 Å². The average Bonchev–Trinajstić information content (AvgIpc) is 3.55. The number of nitro benzene ring substituents is 2. The lowest BCUT2D eigenvalue weighted by Crippen LogP contribution is -1.95. The largest absolute Gasteiger partial charge is 0.502 e. The standard InChI is InChI=1S/C19H12ClFN4S.C6H4ClNO5S.C6H5NO3.ClHO3S/c20-19-23-10-9-14(24-19)17-16(12-7-4-8-13(22)15(12)21)25-18(26-17)11-5-2-1-3-6-11;7-14(12,13)4-1-2-6(9)5(3-4)8(10)11;8-6-4-2-1-3-5(6)7(9)10;1-5(2,3)4/h1-10H,22H2;1-3,9H;1-4,8H;(H,2,3,4). The van der Waals surface area contributed by atoms with Gasteiger partial charge >= 0.3 is 20.7 Å². The Balaban J connectivity index is 0.000000234. The van der Waals surface area contributed by atoms with Crippen molar-refractivity contribution < 1.29 is 45.8 Å². The lowest BCUT2D eigenvalue weighted by atomic mass is 10.1. The Morgan fingerprint density at radius 1 is 0.782 bits per heavy atom. The molecular weight excluding hydrogens is 854 g/mol. The van der Waals surface area contributed by atoms with Gasteiger partial charge in [0.1, 0.15) is 5.01 Å². The Bertz CT molecular complexity index is 2540. The molecule has 0 amide bonds. The zero-order chi connectivity index (χ0) is 41.1. The smallest absolute Gasteiger partial charge is 0.353 e. The third kappa shape index (κ3) is 13.4. The summed E-state index contributed by atoms with van der Waals surface area (Å²) in [6, 6.07) is 24.4. The number of benzene rings is 4. The maximum Gasteiger partial charge on any atom is 0.353 e. The Labute approximate surface area is 328 Å². The van der Waals surface area contributed by atoms with Gasteiger partial charge in [0.15, 0.2) is 17.3 Å². The molecule has 2 aromatic heterocycles. The maximum absolute atomic E-state index is 14.7. The number of thiazole rings is 1. The van der Waals surface area contributed by atoms with Crippen molar-refractivity contribution in [3.8, 4) is 43.9 Å². The van der Waals surface area contributed by atoms with Crippen LogP contribution in [0.4, 0.5) is 21.5 Å². The highest BCUT2D eigenvalue weighted by molar-refractivity contribution is 8.13. The van der Waals surface area contributed by atoms with Gasteiger partial charge in [-0.3, -0.25) is 24.8 Å². The summed E-state index contributed by atoms with van der Waals surface area (Å²) >= 11 is 7.36. The molecule has 24 heteroatoms. The third-order valence-corrected chi connectivity index (χ3v) is 8.95. The lowest BCUT2D eigenvalue weighted by molar-refractivity contribution is -0.386. The molecule has 0 aliphatic carbocycles. The number of halogens is 4. The first kappa shape index (κ1) is 43.9. The molecule has 17 nitrogen and oxygen atoms in total. The van der Waals surface area contributed by atoms with Crippen molar-refractivity contribution in [1.29, 1.82) is 0 Å². The molecule has 4 aromatic carbocycles. The summed E-state index contributed by atoms with van der Waals surface area (Å²) < 4.78 is 61.4. The minimum absolute atomic E-state index is 0.0726. The highest BCUT2D eigenvalue weighted by atomic mass is 35.7. The van der Waals surface area contributed by atoms with Gasteiger partial charge in [0, 0.05) is 50.8 Å². The van der Waals surface area contributed by atoms with E-state index in [1.54, 1.807) is 24.4 Å². The van der Waals surface area contributed by atoms with Crippen LogP contribution in [0.15, 0.2) is 108 Å². The van der Waals surface area contributed by atoms with E-state index in [0.29, 0.717) is 27.9 Å². The molecule has 288 valence electrons. The van der Waals surface area contributed by atoms with Crippen LogP contribution in [0.25, 0.3) is 32.4 Å². The van der Waals surface area contributed by atoms with E-state index in [0.717, 1.165) is 22.7 Å². The van der Waals surface area contributed by atoms with Crippen LogP contribution in [0.3, 0.4) is 0 Å². The monoisotopic (exact) mass is 874 g/mol. The van der Waals surface area contributed by atoms with Crippen molar-refractivity contribution in [2.75, 3.05) is 5.73 Å². The second-order valence-electron chi connectivity index (χ2n) is 9.99. The van der Waals surface area contributed by atoms with Crippen LogP contribution in [0.5, 0.6) is 11.5 Å². The number of aromatic hydroxyl groups is 2. The van der Waals surface area contributed by atoms with Crippen LogP contribution in [0.1, 0.15) is 0 Å². The molecule has 2 heterocycles. The number of nitrogens with two attached hydrogens (primary N) is 1. The summed E-state index contributed by atoms with van der Waals surface area (Å²) in [6.07, 6.45) is 1.56. The zero-order valence-electron chi connectivity index (χ0n) is 27.0. The summed E-state index contributed by atoms with van der Waals surface area (Å²) in [5, 5.41) is 39.1. The summed E-state index contributed by atoms with van der Waals surface area (Å²) in [7, 11) is 0.800. The highest BCUT2D eigenvalue weighted by Crippen LogP contribution is 2.41. The van der Waals surface area contributed by atoms with Crippen LogP contribution >= 0.6 is 44.3 Å². The van der Waals surface area contributed by atoms with E-state index in [1.165, 1.54) is 41.7 Å². The van der Waals surface area contributed by atoms with Crippen molar-refractivity contribution in [3.05, 3.63) is 135 Å². The van der Waals surface area contributed by atoms with Crippen LogP contribution in [0, 0.1) is 26.0 Å². The highest BCUT2D eigenvalue weighted by Gasteiger charge is 2.21. The normalized spacial score (nSPS) is 10.7. The van der Waals surface area contributed by atoms with Gasteiger partial charge in [0.25, 0.3) is 9.05 Å². The molecule has 0 unspecified atom stereocenters. The SMILES string of the molecule is Nc1cccc(-c2nc(-c3ccccc3)sc2-c2ccnc(Cl)n2)c1F.O=S(=O)(O)Cl.O=[N+]([O-])c1cc(S(=O)(=O)Cl)ccc1O.O=[N+]([O-])c1ccccc1O. The topological polar surface area (TPSA) is 280 Å². The molecular formula is C31H22Cl3FN6O11S3. The van der Waals surface area contributed by atoms with Gasteiger partial charge in [0.05, 0.1) is 36.7 Å². The molecule has 0 spiro atoms. The molecule has 0 fully saturated rings. The maximum atomic E-state index is 14.7. The van der Waals surface area contributed by atoms with Gasteiger partial charge in [-0.25, -0.2) is 27.8 Å². The molecule has 5 N–H and O–H groups in total. The molecule has 6 rings (SSSR count). The fraction of sp³-hybridized carbons (Fsp3) is 0. The number of aromatic nitrogens is 3. The summed E-state index contributed by atoms with van der Waals surface area (Å²) in [5.41, 5.74) is 7.18. The number of rotatable bonds is 6. The van der Waals surface area contributed by atoms with Crippen LogP contribution < -0.4 is 5.73 Å². The predicted octanol–water partition coefficient (Wildman–Crippen LogP) is 7.87. The van der Waals surface area contributed by atoms with Crippen molar-refractivity contribution in [2.45, 2.75) is 4.90 Å². The molecule has 0 bridgehead atoms. The number of hydrogen-bond acceptors (Lipinski definition) is 15. The van der Waals surface area contributed by atoms with Crippen LogP contribution in [-0.4, -0.2) is 56.4 Å². The summed E-state index contributed by atoms with van der Waals surface area (Å²) in [5.74, 6) is -1.41. The minimum Gasteiger partial charge on any atom is -0.502 e. The van der Waals surface area contributed by atoms with E-state index < -0.39 is 50.4 Å². The number of nitrogens with zero attached hydrogens (tertiary/aromatic N) is 5. The van der Waals surface area contributed by atoms with E-state index in [-0.39, 0.29) is 22.4 Å². The third-order valence-electron chi connectivity index (χ3n) is 6.29. The van der Waals surface area contributed by atoms with Gasteiger partial charge in [-0.1, -0.05) is 48.5 Å². The second kappa shape index (κ2) is 19.2. The molecule has 0 atom stereocenters. The molecule has 55 heavy (non-hydrogen) atoms. The Hall–Kier alpha value is -5.55. The molecule has 0 aliphatic heterocycles. The number of nitro groups is 2. The lowest BCUT2D eigenvalue weighted by Gasteiger charge is -2.05. The second-order valence-corrected chi connectivity index (χ2v) is 15.9. The molecule has 6 aromatic rings. The van der Waals surface area contributed by atoms with Crippen LogP contribution in [0.2, 0.25) is 5.28 Å². The number of nitrogen functional groups attached to an aromatic ring is 1. The Kier molecular flexibility index (Phi) is 15.3. The first-order valence-corrected chi connectivity index (χ1v) is 20.0. The van der Waals surface area contributed by atoms with E-state index >= 15 is 0 Å². The van der Waals surface area contributed by atoms with Crippen molar-refractivity contribution in [2.24, 2.45) is 0 Å². The van der Waals surface area contributed by atoms with Gasteiger partial charge in [-0.05, 0) is 48.0 Å². The number of phenolic OH excluding ortho intramolecular Hbond substituents is 2. The Morgan fingerprint density at radius 2 is 1.36 bits per heavy atom. The van der Waals surface area contributed by atoms with E-state index in [2.05, 4.69) is 25.6 Å². The average molecular weight is 876 g/mol. The zero-order valence-corrected chi connectivity index (χ0v) is 31.7. The number of phenols is 2. The Morgan fingerprint density at radius 3 is 1.91 bits per heavy atom. The molecule has 0 saturated heterocycles. The fourth-order valence-electron chi connectivity index (χ4n) is 3.99. The van der Waals surface area contributed by atoms with E-state index in [4.69, 9.17) is 51.2 Å². The van der Waals surface area contributed by atoms with Gasteiger partial charge in [0.2, 0.25) is 5.28 Å². The van der Waals surface area contributed by atoms with Crippen molar-refractivity contribution in [3.63, 3.8) is 0 Å². The summed E-state index contributed by atoms with van der Waals surface area (Å²) in [4.78, 5) is 32.0. The number of anilines is 1. The summed E-state index contributed by atoms with van der Waals surface area (Å²) in [6.45, 7) is 0. The van der Waals surface area contributed by atoms with E-state index in [9.17, 15) is 33.0 Å². The molecule has 0 radical (unpaired) electrons. The van der Waals surface area contributed by atoms with Gasteiger partial charge in [-0.2, -0.15) is 8.42 Å². The molecule has 0 aliphatic rings. The first-order chi connectivity index (χ1) is 25.7.